The summed E-state index contributed by atoms with van der Waals surface area (Å²) in [7, 11) is 0. The first kappa shape index (κ1) is 12.9. The first-order valence-electron chi connectivity index (χ1n) is 5.72. The van der Waals surface area contributed by atoms with Crippen LogP contribution in [0.1, 0.15) is 52.4 Å². The molecule has 0 aromatic rings. The van der Waals surface area contributed by atoms with Crippen LogP contribution < -0.4 is 11.1 Å². The van der Waals surface area contributed by atoms with Gasteiger partial charge in [-0.3, -0.25) is 0 Å². The minimum atomic E-state index is 0.616. The Morgan fingerprint density at radius 2 is 1.85 bits per heavy atom. The second kappa shape index (κ2) is 10.0. The largest absolute Gasteiger partial charge is 0.318 e. The van der Waals surface area contributed by atoms with Gasteiger partial charge in [0.25, 0.3) is 0 Å². The van der Waals surface area contributed by atoms with Crippen LogP contribution >= 0.6 is 0 Å². The fourth-order valence-electron chi connectivity index (χ4n) is 1.54. The Labute approximate surface area is 83.3 Å². The molecule has 0 radical (unpaired) electrons. The van der Waals surface area contributed by atoms with Crippen LogP contribution in [0.3, 0.4) is 0 Å². The van der Waals surface area contributed by atoms with Crippen LogP contribution in [0.25, 0.3) is 0 Å². The van der Waals surface area contributed by atoms with Crippen molar-refractivity contribution in [3.05, 3.63) is 0 Å². The third-order valence-electron chi connectivity index (χ3n) is 2.50. The molecule has 0 aliphatic heterocycles. The minimum absolute atomic E-state index is 0.616. The lowest BCUT2D eigenvalue weighted by atomic mass is 9.98. The highest BCUT2D eigenvalue weighted by Crippen LogP contribution is 2.14. The maximum absolute atomic E-state index is 5.33. The summed E-state index contributed by atoms with van der Waals surface area (Å²) >= 11 is 0. The fraction of sp³-hybridized carbons (Fsp3) is 1.00. The van der Waals surface area contributed by atoms with Crippen molar-refractivity contribution >= 4 is 0 Å². The van der Waals surface area contributed by atoms with Crippen LogP contribution in [0.5, 0.6) is 0 Å². The van der Waals surface area contributed by atoms with Crippen molar-refractivity contribution < 1.29 is 0 Å². The molecule has 0 aromatic heterocycles. The Hall–Kier alpha value is -0.0800. The van der Waals surface area contributed by atoms with Gasteiger partial charge >= 0.3 is 0 Å². The predicted molar refractivity (Wildman–Crippen MR) is 59.6 cm³/mol. The SMILES string of the molecule is CCCCC(C)CCCCNCN. The van der Waals surface area contributed by atoms with Gasteiger partial charge in [0.15, 0.2) is 0 Å². The van der Waals surface area contributed by atoms with Gasteiger partial charge in [0, 0.05) is 6.67 Å². The molecule has 0 aliphatic carbocycles. The number of hydrogen-bond donors (Lipinski definition) is 2. The van der Waals surface area contributed by atoms with Crippen LogP contribution in [-0.4, -0.2) is 13.2 Å². The maximum atomic E-state index is 5.33. The van der Waals surface area contributed by atoms with Crippen molar-refractivity contribution in [1.82, 2.24) is 5.32 Å². The highest BCUT2D eigenvalue weighted by atomic mass is 14.9. The van der Waals surface area contributed by atoms with Crippen LogP contribution in [0.15, 0.2) is 0 Å². The molecule has 0 bridgehead atoms. The van der Waals surface area contributed by atoms with E-state index < -0.39 is 0 Å². The lowest BCUT2D eigenvalue weighted by Crippen LogP contribution is -2.23. The molecular formula is C11H26N2. The van der Waals surface area contributed by atoms with E-state index in [4.69, 9.17) is 5.73 Å². The third kappa shape index (κ3) is 9.84. The highest BCUT2D eigenvalue weighted by Gasteiger charge is 2.00. The molecule has 80 valence electrons. The van der Waals surface area contributed by atoms with E-state index in [2.05, 4.69) is 19.2 Å². The molecule has 2 nitrogen and oxygen atoms in total. The molecule has 13 heavy (non-hydrogen) atoms. The standard InChI is InChI=1S/C11H26N2/c1-3-4-7-11(2)8-5-6-9-13-10-12/h11,13H,3-10,12H2,1-2H3. The maximum Gasteiger partial charge on any atom is 0.0428 e. The molecular weight excluding hydrogens is 160 g/mol. The zero-order valence-electron chi connectivity index (χ0n) is 9.31. The zero-order chi connectivity index (χ0) is 9.94. The van der Waals surface area contributed by atoms with E-state index in [1.807, 2.05) is 0 Å². The molecule has 0 rings (SSSR count). The minimum Gasteiger partial charge on any atom is -0.318 e. The average Bonchev–Trinajstić information content (AvgIpc) is 2.14. The van der Waals surface area contributed by atoms with E-state index in [1.165, 1.54) is 38.5 Å². The molecule has 0 amide bonds. The molecule has 0 aliphatic rings. The summed E-state index contributed by atoms with van der Waals surface area (Å²) in [4.78, 5) is 0. The van der Waals surface area contributed by atoms with E-state index in [0.717, 1.165) is 12.5 Å². The van der Waals surface area contributed by atoms with Crippen LogP contribution in [-0.2, 0) is 0 Å². The average molecular weight is 186 g/mol. The summed E-state index contributed by atoms with van der Waals surface area (Å²) < 4.78 is 0. The van der Waals surface area contributed by atoms with Crippen molar-refractivity contribution in [2.24, 2.45) is 11.7 Å². The van der Waals surface area contributed by atoms with E-state index in [0.29, 0.717) is 6.67 Å². The summed E-state index contributed by atoms with van der Waals surface area (Å²) in [6.45, 7) is 6.33. The van der Waals surface area contributed by atoms with Crippen molar-refractivity contribution in [3.63, 3.8) is 0 Å². The van der Waals surface area contributed by atoms with Gasteiger partial charge in [0.2, 0.25) is 0 Å². The first-order chi connectivity index (χ1) is 6.31. The Kier molecular flexibility index (Phi) is 9.94. The van der Waals surface area contributed by atoms with Gasteiger partial charge < -0.3 is 11.1 Å². The van der Waals surface area contributed by atoms with Crippen molar-refractivity contribution in [1.29, 1.82) is 0 Å². The van der Waals surface area contributed by atoms with Crippen LogP contribution in [0, 0.1) is 5.92 Å². The quantitative estimate of drug-likeness (QED) is 0.429. The summed E-state index contributed by atoms with van der Waals surface area (Å²) in [6.07, 6.45) is 8.12. The van der Waals surface area contributed by atoms with Crippen molar-refractivity contribution in [2.45, 2.75) is 52.4 Å². The van der Waals surface area contributed by atoms with E-state index >= 15 is 0 Å². The summed E-state index contributed by atoms with van der Waals surface area (Å²) in [5.41, 5.74) is 5.33. The molecule has 1 unspecified atom stereocenters. The van der Waals surface area contributed by atoms with Crippen molar-refractivity contribution in [3.8, 4) is 0 Å². The van der Waals surface area contributed by atoms with Gasteiger partial charge in [-0.05, 0) is 18.9 Å². The Morgan fingerprint density at radius 3 is 2.46 bits per heavy atom. The number of nitrogens with two attached hydrogens (primary N) is 1. The predicted octanol–water partition coefficient (Wildman–Crippen LogP) is 2.49. The lowest BCUT2D eigenvalue weighted by molar-refractivity contribution is 0.445. The summed E-state index contributed by atoms with van der Waals surface area (Å²) in [5.74, 6) is 0.915. The Morgan fingerprint density at radius 1 is 1.15 bits per heavy atom. The lowest BCUT2D eigenvalue weighted by Gasteiger charge is -2.09. The second-order valence-corrected chi connectivity index (χ2v) is 3.95. The van der Waals surface area contributed by atoms with E-state index in [1.54, 1.807) is 0 Å². The molecule has 0 spiro atoms. The number of nitrogens with one attached hydrogen (secondary N) is 1. The molecule has 3 N–H and O–H groups in total. The molecule has 2 heteroatoms. The van der Waals surface area contributed by atoms with Crippen LogP contribution in [0.4, 0.5) is 0 Å². The monoisotopic (exact) mass is 186 g/mol. The molecule has 0 heterocycles. The smallest absolute Gasteiger partial charge is 0.0428 e. The van der Waals surface area contributed by atoms with E-state index in [9.17, 15) is 0 Å². The van der Waals surface area contributed by atoms with Gasteiger partial charge in [-0.15, -0.1) is 0 Å². The van der Waals surface area contributed by atoms with E-state index in [-0.39, 0.29) is 0 Å². The molecule has 0 saturated carbocycles. The van der Waals surface area contributed by atoms with Gasteiger partial charge in [-0.1, -0.05) is 46.0 Å². The number of unbranched alkanes of at least 4 members (excludes halogenated alkanes) is 2. The van der Waals surface area contributed by atoms with Gasteiger partial charge in [-0.25, -0.2) is 0 Å². The Bertz CT molecular complexity index is 94.1. The van der Waals surface area contributed by atoms with Gasteiger partial charge in [-0.2, -0.15) is 0 Å². The summed E-state index contributed by atoms with van der Waals surface area (Å²) in [6, 6.07) is 0. The van der Waals surface area contributed by atoms with Gasteiger partial charge in [0.1, 0.15) is 0 Å². The van der Waals surface area contributed by atoms with Gasteiger partial charge in [0.05, 0.1) is 0 Å². The Balaban J connectivity index is 3.03. The number of rotatable bonds is 9. The van der Waals surface area contributed by atoms with Crippen LogP contribution in [0.2, 0.25) is 0 Å². The first-order valence-corrected chi connectivity index (χ1v) is 5.72. The van der Waals surface area contributed by atoms with Crippen molar-refractivity contribution in [2.75, 3.05) is 13.2 Å². The summed E-state index contributed by atoms with van der Waals surface area (Å²) in [5, 5.41) is 3.14. The molecule has 1 atom stereocenters. The second-order valence-electron chi connectivity index (χ2n) is 3.95. The highest BCUT2D eigenvalue weighted by molar-refractivity contribution is 4.54. The molecule has 0 saturated heterocycles. The third-order valence-corrected chi connectivity index (χ3v) is 2.50. The zero-order valence-corrected chi connectivity index (χ0v) is 9.31. The fourth-order valence-corrected chi connectivity index (χ4v) is 1.54. The number of hydrogen-bond acceptors (Lipinski definition) is 2. The molecule has 0 fully saturated rings. The normalized spacial score (nSPS) is 13.2. The topological polar surface area (TPSA) is 38.0 Å². The molecule has 0 aromatic carbocycles.